The van der Waals surface area contributed by atoms with Crippen molar-refractivity contribution in [1.29, 1.82) is 0 Å². The highest BCUT2D eigenvalue weighted by Crippen LogP contribution is 1.86. The molecule has 1 heterocycles. The molecule has 0 aliphatic heterocycles. The zero-order valence-corrected chi connectivity index (χ0v) is 10.1. The van der Waals surface area contributed by atoms with Gasteiger partial charge in [-0.1, -0.05) is 45.9 Å². The van der Waals surface area contributed by atoms with Crippen molar-refractivity contribution >= 4 is 12.2 Å². The van der Waals surface area contributed by atoms with Crippen molar-refractivity contribution in [2.75, 3.05) is 0 Å². The topological polar surface area (TPSA) is 25.8 Å². The molecule has 0 N–H and O–H groups in total. The summed E-state index contributed by atoms with van der Waals surface area (Å²) in [6.07, 6.45) is 10.9. The van der Waals surface area contributed by atoms with Gasteiger partial charge in [0.1, 0.15) is 0 Å². The van der Waals surface area contributed by atoms with E-state index in [1.165, 1.54) is 5.22 Å². The first-order chi connectivity index (χ1) is 7.47. The summed E-state index contributed by atoms with van der Waals surface area (Å²) in [4.78, 5) is 0. The molecule has 0 bridgehead atoms. The van der Waals surface area contributed by atoms with Gasteiger partial charge in [-0.15, -0.1) is 0 Å². The summed E-state index contributed by atoms with van der Waals surface area (Å²) in [5, 5.41) is 9.93. The summed E-state index contributed by atoms with van der Waals surface area (Å²) in [5.41, 5.74) is 0. The largest absolute Gasteiger partial charge is 0.159 e. The molecule has 1 aliphatic carbocycles. The van der Waals surface area contributed by atoms with Gasteiger partial charge in [0, 0.05) is 0 Å². The predicted octanol–water partition coefficient (Wildman–Crippen LogP) is 2.05. The molecule has 0 fully saturated rings. The fraction of sp³-hybridized carbons (Fsp3) is 0.385. The third kappa shape index (κ3) is 4.54. The van der Waals surface area contributed by atoms with Crippen molar-refractivity contribution in [3.63, 3.8) is 0 Å². The minimum absolute atomic E-state index is 0.959. The summed E-state index contributed by atoms with van der Waals surface area (Å²) in [5.74, 6) is 0. The Morgan fingerprint density at radius 1 is 1.13 bits per heavy atom. The third-order valence-corrected chi connectivity index (χ3v) is 1.65. The Kier molecular flexibility index (Phi) is 8.25. The van der Waals surface area contributed by atoms with E-state index >= 15 is 0 Å². The van der Waals surface area contributed by atoms with E-state index in [1.54, 1.807) is 6.20 Å². The van der Waals surface area contributed by atoms with E-state index in [0.717, 1.165) is 11.8 Å². The Hall–Kier alpha value is -1.44. The van der Waals surface area contributed by atoms with Crippen LogP contribution in [-0.4, -0.2) is 10.2 Å². The van der Waals surface area contributed by atoms with Gasteiger partial charge in [-0.2, -0.15) is 10.2 Å². The van der Waals surface area contributed by atoms with Crippen LogP contribution in [0, 0.1) is 0 Å². The van der Waals surface area contributed by atoms with E-state index in [-0.39, 0.29) is 0 Å². The average Bonchev–Trinajstić information content (AvgIpc) is 2.59. The van der Waals surface area contributed by atoms with Gasteiger partial charge in [-0.05, 0) is 23.8 Å². The first kappa shape index (κ1) is 13.6. The van der Waals surface area contributed by atoms with Crippen LogP contribution in [0.4, 0.5) is 0 Å². The number of hydrogen-bond acceptors (Lipinski definition) is 2. The second kappa shape index (κ2) is 9.13. The lowest BCUT2D eigenvalue weighted by molar-refractivity contribution is 0.981. The lowest BCUT2D eigenvalue weighted by Gasteiger charge is -1.83. The molecule has 1 aromatic rings. The molecule has 0 amide bonds. The maximum atomic E-state index is 3.99. The van der Waals surface area contributed by atoms with Crippen molar-refractivity contribution in [2.45, 2.75) is 34.1 Å². The number of aromatic nitrogens is 2. The van der Waals surface area contributed by atoms with Crippen LogP contribution in [0.3, 0.4) is 0 Å². The highest BCUT2D eigenvalue weighted by Gasteiger charge is 1.86. The van der Waals surface area contributed by atoms with Gasteiger partial charge in [0.15, 0.2) is 0 Å². The van der Waals surface area contributed by atoms with E-state index in [9.17, 15) is 0 Å². The van der Waals surface area contributed by atoms with Crippen molar-refractivity contribution in [3.05, 3.63) is 35.0 Å². The normalized spacial score (nSPS) is 11.2. The molecule has 0 atom stereocenters. The van der Waals surface area contributed by atoms with Crippen molar-refractivity contribution in [1.82, 2.24) is 10.2 Å². The Balaban J connectivity index is 0.000000442. The number of nitrogens with zero attached hydrogens (tertiary/aromatic N) is 2. The van der Waals surface area contributed by atoms with Gasteiger partial charge in [0.05, 0.1) is 11.5 Å². The molecular weight excluding hydrogens is 184 g/mol. The molecule has 0 spiro atoms. The van der Waals surface area contributed by atoms with E-state index in [0.29, 0.717) is 0 Å². The molecule has 82 valence electrons. The minimum atomic E-state index is 0.959. The summed E-state index contributed by atoms with van der Waals surface area (Å²) >= 11 is 0. The Labute approximate surface area is 92.1 Å². The van der Waals surface area contributed by atoms with Crippen LogP contribution < -0.4 is 10.6 Å². The summed E-state index contributed by atoms with van der Waals surface area (Å²) in [6.45, 7) is 8.00. The predicted molar refractivity (Wildman–Crippen MR) is 66.7 cm³/mol. The summed E-state index contributed by atoms with van der Waals surface area (Å²) < 4.78 is 0. The van der Waals surface area contributed by atoms with Crippen LogP contribution in [0.2, 0.25) is 0 Å². The molecule has 0 radical (unpaired) electrons. The van der Waals surface area contributed by atoms with Crippen LogP contribution >= 0.6 is 0 Å². The standard InChI is InChI=1S/C9H8N2.2C2H6/c1-2-4-8-6-7-10-11-9(8)5-3-1;2*1-2/h1,3-7H,2H2;2*1-2H3. The molecule has 0 unspecified atom stereocenters. The average molecular weight is 204 g/mol. The van der Waals surface area contributed by atoms with Crippen LogP contribution in [0.1, 0.15) is 34.1 Å². The van der Waals surface area contributed by atoms with E-state index in [2.05, 4.69) is 22.3 Å². The van der Waals surface area contributed by atoms with E-state index < -0.39 is 0 Å². The lowest BCUT2D eigenvalue weighted by atomic mass is 10.3. The second-order valence-corrected chi connectivity index (χ2v) is 2.41. The van der Waals surface area contributed by atoms with Gasteiger partial charge in [-0.25, -0.2) is 0 Å². The van der Waals surface area contributed by atoms with Gasteiger partial charge in [0.2, 0.25) is 0 Å². The van der Waals surface area contributed by atoms with Crippen molar-refractivity contribution in [2.24, 2.45) is 0 Å². The molecule has 0 saturated carbocycles. The van der Waals surface area contributed by atoms with E-state index in [1.807, 2.05) is 45.9 Å². The van der Waals surface area contributed by atoms with Crippen molar-refractivity contribution < 1.29 is 0 Å². The van der Waals surface area contributed by atoms with E-state index in [4.69, 9.17) is 0 Å². The first-order valence-corrected chi connectivity index (χ1v) is 5.61. The van der Waals surface area contributed by atoms with Crippen LogP contribution in [0.15, 0.2) is 24.4 Å². The molecule has 1 aromatic heterocycles. The zero-order chi connectivity index (χ0) is 11.5. The van der Waals surface area contributed by atoms with Gasteiger partial charge in [-0.3, -0.25) is 0 Å². The first-order valence-electron chi connectivity index (χ1n) is 5.61. The van der Waals surface area contributed by atoms with Crippen LogP contribution in [0.25, 0.3) is 12.2 Å². The molecular formula is C13H20N2. The Bertz CT molecular complexity index is 391. The molecule has 2 heteroatoms. The smallest absolute Gasteiger partial charge is 0.0926 e. The SMILES string of the molecule is C1=CCC=c2ccnnc2=C1.CC.CC. The van der Waals surface area contributed by atoms with Gasteiger partial charge >= 0.3 is 0 Å². The summed E-state index contributed by atoms with van der Waals surface area (Å²) in [7, 11) is 0. The van der Waals surface area contributed by atoms with Crippen LogP contribution in [-0.2, 0) is 0 Å². The maximum Gasteiger partial charge on any atom is 0.0926 e. The zero-order valence-electron chi connectivity index (χ0n) is 10.1. The number of allylic oxidation sites excluding steroid dienone is 2. The molecule has 2 rings (SSSR count). The highest BCUT2D eigenvalue weighted by atomic mass is 15.1. The summed E-state index contributed by atoms with van der Waals surface area (Å²) in [6, 6.07) is 1.98. The Morgan fingerprint density at radius 2 is 1.87 bits per heavy atom. The monoisotopic (exact) mass is 204 g/mol. The van der Waals surface area contributed by atoms with Gasteiger partial charge < -0.3 is 0 Å². The molecule has 0 aromatic carbocycles. The molecule has 1 aliphatic rings. The number of rotatable bonds is 0. The minimum Gasteiger partial charge on any atom is -0.159 e. The fourth-order valence-corrected chi connectivity index (χ4v) is 1.09. The number of fused-ring (bicyclic) bond motifs is 1. The lowest BCUT2D eigenvalue weighted by Crippen LogP contribution is -2.27. The number of hydrogen-bond donors (Lipinski definition) is 0. The molecule has 2 nitrogen and oxygen atoms in total. The van der Waals surface area contributed by atoms with Crippen LogP contribution in [0.5, 0.6) is 0 Å². The molecule has 0 saturated heterocycles. The van der Waals surface area contributed by atoms with Crippen molar-refractivity contribution in [3.8, 4) is 0 Å². The molecule has 15 heavy (non-hydrogen) atoms. The fourth-order valence-electron chi connectivity index (χ4n) is 1.09. The van der Waals surface area contributed by atoms with Gasteiger partial charge in [0.25, 0.3) is 0 Å². The second-order valence-electron chi connectivity index (χ2n) is 2.41. The Morgan fingerprint density at radius 3 is 2.60 bits per heavy atom. The highest BCUT2D eigenvalue weighted by molar-refractivity contribution is 5.41. The maximum absolute atomic E-state index is 3.99. The third-order valence-electron chi connectivity index (χ3n) is 1.65. The quantitative estimate of drug-likeness (QED) is 0.646.